The van der Waals surface area contributed by atoms with Crippen LogP contribution in [0.3, 0.4) is 0 Å². The molecule has 0 fully saturated rings. The van der Waals surface area contributed by atoms with Crippen molar-refractivity contribution in [2.75, 3.05) is 5.32 Å². The maximum absolute atomic E-state index is 3.54. The van der Waals surface area contributed by atoms with E-state index in [4.69, 9.17) is 0 Å². The molecule has 0 aliphatic carbocycles. The van der Waals surface area contributed by atoms with Crippen LogP contribution < -0.4 is 5.32 Å². The van der Waals surface area contributed by atoms with Crippen molar-refractivity contribution in [2.24, 2.45) is 0 Å². The highest BCUT2D eigenvalue weighted by molar-refractivity contribution is 5.56. The molecule has 2 aromatic rings. The van der Waals surface area contributed by atoms with E-state index in [9.17, 15) is 0 Å². The molecule has 0 unspecified atom stereocenters. The second-order valence-corrected chi connectivity index (χ2v) is 5.04. The molecule has 1 heteroatoms. The Balaban J connectivity index is 2.14. The smallest absolute Gasteiger partial charge is 0.0402 e. The molecule has 0 bridgehead atoms. The molecule has 0 heterocycles. The maximum Gasteiger partial charge on any atom is 0.0402 e. The number of nitrogens with one attached hydrogen (secondary N) is 1. The van der Waals surface area contributed by atoms with Crippen molar-refractivity contribution in [1.82, 2.24) is 0 Å². The summed E-state index contributed by atoms with van der Waals surface area (Å²) in [6, 6.07) is 13.0. The van der Waals surface area contributed by atoms with Crippen molar-refractivity contribution < 1.29 is 0 Å². The quantitative estimate of drug-likeness (QED) is 0.829. The Morgan fingerprint density at radius 3 is 2.06 bits per heavy atom. The summed E-state index contributed by atoms with van der Waals surface area (Å²) in [7, 11) is 0. The molecule has 0 amide bonds. The Kier molecular flexibility index (Phi) is 3.71. The zero-order valence-corrected chi connectivity index (χ0v) is 11.7. The lowest BCUT2D eigenvalue weighted by Crippen LogP contribution is -2.03. The van der Waals surface area contributed by atoms with Gasteiger partial charge in [-0.3, -0.25) is 0 Å². The molecule has 0 spiro atoms. The van der Waals surface area contributed by atoms with Gasteiger partial charge in [-0.05, 0) is 55.5 Å². The maximum atomic E-state index is 3.54. The van der Waals surface area contributed by atoms with Gasteiger partial charge < -0.3 is 5.32 Å². The van der Waals surface area contributed by atoms with Gasteiger partial charge in [0.15, 0.2) is 0 Å². The highest BCUT2D eigenvalue weighted by atomic mass is 14.9. The van der Waals surface area contributed by atoms with E-state index >= 15 is 0 Å². The molecule has 1 N–H and O–H groups in total. The Labute approximate surface area is 110 Å². The fourth-order valence-corrected chi connectivity index (χ4v) is 2.20. The van der Waals surface area contributed by atoms with Crippen LogP contribution in [-0.4, -0.2) is 0 Å². The lowest BCUT2D eigenvalue weighted by atomic mass is 10.1. The number of anilines is 1. The van der Waals surface area contributed by atoms with Crippen LogP contribution in [0.5, 0.6) is 0 Å². The Morgan fingerprint density at radius 1 is 0.778 bits per heavy atom. The highest BCUT2D eigenvalue weighted by Gasteiger charge is 2.02. The normalized spacial score (nSPS) is 10.4. The average molecular weight is 239 g/mol. The van der Waals surface area contributed by atoms with Gasteiger partial charge in [0.05, 0.1) is 0 Å². The molecule has 2 rings (SSSR count). The molecule has 18 heavy (non-hydrogen) atoms. The van der Waals surface area contributed by atoms with Crippen molar-refractivity contribution in [3.8, 4) is 0 Å². The van der Waals surface area contributed by atoms with Crippen LogP contribution in [0.25, 0.3) is 0 Å². The second-order valence-electron chi connectivity index (χ2n) is 5.04. The van der Waals surface area contributed by atoms with E-state index in [2.05, 4.69) is 69.4 Å². The minimum Gasteiger partial charge on any atom is -0.381 e. The first-order chi connectivity index (χ1) is 8.58. The predicted molar refractivity (Wildman–Crippen MR) is 79.2 cm³/mol. The monoisotopic (exact) mass is 239 g/mol. The molecule has 1 nitrogen and oxygen atoms in total. The molecule has 0 aliphatic heterocycles. The summed E-state index contributed by atoms with van der Waals surface area (Å²) in [4.78, 5) is 0. The summed E-state index contributed by atoms with van der Waals surface area (Å²) >= 11 is 0. The van der Waals surface area contributed by atoms with Crippen LogP contribution in [0.4, 0.5) is 5.69 Å². The predicted octanol–water partition coefficient (Wildman–Crippen LogP) is 4.53. The zero-order valence-electron chi connectivity index (χ0n) is 11.7. The second kappa shape index (κ2) is 5.26. The number of para-hydroxylation sites is 1. The van der Waals surface area contributed by atoms with Gasteiger partial charge in [-0.15, -0.1) is 0 Å². The summed E-state index contributed by atoms with van der Waals surface area (Å²) in [6.45, 7) is 9.49. The largest absolute Gasteiger partial charge is 0.381 e. The summed E-state index contributed by atoms with van der Waals surface area (Å²) < 4.78 is 0. The molecular weight excluding hydrogens is 218 g/mol. The van der Waals surface area contributed by atoms with Gasteiger partial charge in [0.1, 0.15) is 0 Å². The Morgan fingerprint density at radius 2 is 1.44 bits per heavy atom. The van der Waals surface area contributed by atoms with E-state index in [0.717, 1.165) is 6.54 Å². The van der Waals surface area contributed by atoms with Gasteiger partial charge in [-0.2, -0.15) is 0 Å². The molecule has 0 atom stereocenters. The molecule has 0 saturated carbocycles. The topological polar surface area (TPSA) is 12.0 Å². The lowest BCUT2D eigenvalue weighted by molar-refractivity contribution is 1.12. The molecule has 0 radical (unpaired) electrons. The van der Waals surface area contributed by atoms with Crippen LogP contribution in [0.2, 0.25) is 0 Å². The fraction of sp³-hybridized carbons (Fsp3) is 0.294. The van der Waals surface area contributed by atoms with Gasteiger partial charge in [0.2, 0.25) is 0 Å². The lowest BCUT2D eigenvalue weighted by Gasteiger charge is -2.13. The van der Waals surface area contributed by atoms with Crippen LogP contribution in [-0.2, 0) is 6.54 Å². The van der Waals surface area contributed by atoms with Crippen molar-refractivity contribution in [3.05, 3.63) is 64.2 Å². The summed E-state index contributed by atoms with van der Waals surface area (Å²) in [6.07, 6.45) is 0. The van der Waals surface area contributed by atoms with E-state index in [0.29, 0.717) is 0 Å². The molecule has 0 saturated heterocycles. The van der Waals surface area contributed by atoms with E-state index in [-0.39, 0.29) is 0 Å². The molecule has 0 aliphatic rings. The summed E-state index contributed by atoms with van der Waals surface area (Å²) in [5, 5.41) is 3.54. The molecule has 2 aromatic carbocycles. The van der Waals surface area contributed by atoms with E-state index in [1.807, 2.05) is 0 Å². The van der Waals surface area contributed by atoms with Crippen LogP contribution in [0.1, 0.15) is 27.8 Å². The first kappa shape index (κ1) is 12.7. The SMILES string of the molecule is Cc1ccc(CNc2c(C)cccc2C)cc1C. The number of rotatable bonds is 3. The van der Waals surface area contributed by atoms with Gasteiger partial charge >= 0.3 is 0 Å². The van der Waals surface area contributed by atoms with E-state index in [1.165, 1.54) is 33.5 Å². The number of benzene rings is 2. The van der Waals surface area contributed by atoms with Gasteiger partial charge in [0.25, 0.3) is 0 Å². The molecule has 94 valence electrons. The van der Waals surface area contributed by atoms with Crippen molar-refractivity contribution in [3.63, 3.8) is 0 Å². The van der Waals surface area contributed by atoms with E-state index in [1.54, 1.807) is 0 Å². The molecule has 0 aromatic heterocycles. The van der Waals surface area contributed by atoms with Gasteiger partial charge in [-0.1, -0.05) is 36.4 Å². The zero-order chi connectivity index (χ0) is 13.1. The average Bonchev–Trinajstić information content (AvgIpc) is 2.33. The van der Waals surface area contributed by atoms with Crippen molar-refractivity contribution in [2.45, 2.75) is 34.2 Å². The minimum absolute atomic E-state index is 0.882. The van der Waals surface area contributed by atoms with Crippen LogP contribution >= 0.6 is 0 Å². The number of aryl methyl sites for hydroxylation is 4. The standard InChI is InChI=1S/C17H21N/c1-12-8-9-16(10-15(12)4)11-18-17-13(2)6-5-7-14(17)3/h5-10,18H,11H2,1-4H3. The third-order valence-electron chi connectivity index (χ3n) is 3.52. The van der Waals surface area contributed by atoms with Gasteiger partial charge in [0, 0.05) is 12.2 Å². The van der Waals surface area contributed by atoms with Crippen molar-refractivity contribution >= 4 is 5.69 Å². The third kappa shape index (κ3) is 2.73. The highest BCUT2D eigenvalue weighted by Crippen LogP contribution is 2.20. The number of hydrogen-bond acceptors (Lipinski definition) is 1. The van der Waals surface area contributed by atoms with Crippen LogP contribution in [0, 0.1) is 27.7 Å². The molecular formula is C17H21N. The Hall–Kier alpha value is -1.76. The summed E-state index contributed by atoms with van der Waals surface area (Å²) in [5.41, 5.74) is 7.91. The minimum atomic E-state index is 0.882. The van der Waals surface area contributed by atoms with Crippen molar-refractivity contribution in [1.29, 1.82) is 0 Å². The van der Waals surface area contributed by atoms with E-state index < -0.39 is 0 Å². The Bertz CT molecular complexity index is 535. The van der Waals surface area contributed by atoms with Gasteiger partial charge in [-0.25, -0.2) is 0 Å². The first-order valence-electron chi connectivity index (χ1n) is 6.44. The third-order valence-corrected chi connectivity index (χ3v) is 3.52. The van der Waals surface area contributed by atoms with Crippen LogP contribution in [0.15, 0.2) is 36.4 Å². The summed E-state index contributed by atoms with van der Waals surface area (Å²) in [5.74, 6) is 0. The first-order valence-corrected chi connectivity index (χ1v) is 6.44. The number of hydrogen-bond donors (Lipinski definition) is 1. The fourth-order valence-electron chi connectivity index (χ4n) is 2.20.